The number of benzene rings is 2. The molecular formula is C25H30N6O. The summed E-state index contributed by atoms with van der Waals surface area (Å²) in [5.41, 5.74) is 4.49. The molecule has 1 saturated heterocycles. The largest absolute Gasteiger partial charge is 0.352 e. The smallest absolute Gasteiger partial charge is 0.222 e. The first kappa shape index (κ1) is 21.6. The van der Waals surface area contributed by atoms with Crippen molar-refractivity contribution < 1.29 is 4.79 Å². The molecule has 7 heteroatoms. The Hall–Kier alpha value is -3.61. The summed E-state index contributed by atoms with van der Waals surface area (Å²) >= 11 is 0. The molecule has 32 heavy (non-hydrogen) atoms. The molecule has 0 radical (unpaired) electrons. The Morgan fingerprint density at radius 2 is 2.00 bits per heavy atom. The molecule has 1 aromatic heterocycles. The highest BCUT2D eigenvalue weighted by Crippen LogP contribution is 2.17. The highest BCUT2D eigenvalue weighted by atomic mass is 16.2. The van der Waals surface area contributed by atoms with Crippen molar-refractivity contribution in [2.45, 2.75) is 38.9 Å². The second-order valence-corrected chi connectivity index (χ2v) is 8.08. The predicted octanol–water partition coefficient (Wildman–Crippen LogP) is 3.42. The highest BCUT2D eigenvalue weighted by molar-refractivity contribution is 5.80. The van der Waals surface area contributed by atoms with Gasteiger partial charge in [0.05, 0.1) is 11.7 Å². The number of carbonyl (C=O) groups is 1. The zero-order valence-electron chi connectivity index (χ0n) is 18.7. The van der Waals surface area contributed by atoms with Crippen molar-refractivity contribution in [1.29, 1.82) is 0 Å². The zero-order valence-corrected chi connectivity index (χ0v) is 18.7. The predicted molar refractivity (Wildman–Crippen MR) is 126 cm³/mol. The lowest BCUT2D eigenvalue weighted by atomic mass is 10.1. The molecule has 0 aliphatic carbocycles. The summed E-state index contributed by atoms with van der Waals surface area (Å²) < 4.78 is 1.85. The Morgan fingerprint density at radius 1 is 1.16 bits per heavy atom. The van der Waals surface area contributed by atoms with E-state index in [9.17, 15) is 4.79 Å². The fraction of sp³-hybridized carbons (Fsp3) is 0.320. The van der Waals surface area contributed by atoms with Crippen LogP contribution in [0.25, 0.3) is 5.69 Å². The number of hydrogen-bond donors (Lipinski definition) is 2. The van der Waals surface area contributed by atoms with Crippen molar-refractivity contribution in [2.75, 3.05) is 13.6 Å². The van der Waals surface area contributed by atoms with Gasteiger partial charge in [-0.2, -0.15) is 5.10 Å². The van der Waals surface area contributed by atoms with Crippen LogP contribution in [0.1, 0.15) is 42.5 Å². The van der Waals surface area contributed by atoms with E-state index in [1.165, 1.54) is 0 Å². The van der Waals surface area contributed by atoms with Crippen LogP contribution in [0, 0.1) is 0 Å². The summed E-state index contributed by atoms with van der Waals surface area (Å²) in [6.45, 7) is 4.31. The Kier molecular flexibility index (Phi) is 6.84. The van der Waals surface area contributed by atoms with E-state index in [4.69, 9.17) is 0 Å². The lowest BCUT2D eigenvalue weighted by Crippen LogP contribution is -2.38. The molecule has 1 fully saturated rings. The van der Waals surface area contributed by atoms with Crippen LogP contribution in [0.4, 0.5) is 0 Å². The fourth-order valence-corrected chi connectivity index (χ4v) is 3.96. The minimum atomic E-state index is 0.0734. The second kappa shape index (κ2) is 10.1. The quantitative estimate of drug-likeness (QED) is 0.445. The molecule has 1 atom stereocenters. The SMILES string of the molecule is CN=C(NCc1cccc(CN2CCCC2=O)c1)NC(C)c1cccc(-n2cccn2)c1. The molecule has 2 heterocycles. The molecule has 1 amide bonds. The van der Waals surface area contributed by atoms with Crippen LogP contribution in [-0.2, 0) is 17.9 Å². The first-order valence-corrected chi connectivity index (χ1v) is 11.0. The van der Waals surface area contributed by atoms with E-state index in [-0.39, 0.29) is 11.9 Å². The van der Waals surface area contributed by atoms with Crippen LogP contribution >= 0.6 is 0 Å². The van der Waals surface area contributed by atoms with Crippen molar-refractivity contribution in [3.8, 4) is 5.69 Å². The van der Waals surface area contributed by atoms with Crippen molar-refractivity contribution in [3.63, 3.8) is 0 Å². The summed E-state index contributed by atoms with van der Waals surface area (Å²) in [6, 6.07) is 18.7. The van der Waals surface area contributed by atoms with Crippen LogP contribution in [0.5, 0.6) is 0 Å². The molecule has 0 bridgehead atoms. The van der Waals surface area contributed by atoms with Gasteiger partial charge in [-0.15, -0.1) is 0 Å². The van der Waals surface area contributed by atoms with Gasteiger partial charge >= 0.3 is 0 Å². The third-order valence-electron chi connectivity index (χ3n) is 5.71. The van der Waals surface area contributed by atoms with Gasteiger partial charge in [0.25, 0.3) is 0 Å². The number of nitrogens with zero attached hydrogens (tertiary/aromatic N) is 4. The van der Waals surface area contributed by atoms with E-state index >= 15 is 0 Å². The van der Waals surface area contributed by atoms with Crippen molar-refractivity contribution in [2.24, 2.45) is 4.99 Å². The van der Waals surface area contributed by atoms with E-state index in [1.807, 2.05) is 40.0 Å². The molecule has 3 aromatic rings. The Bertz CT molecular complexity index is 1080. The number of rotatable bonds is 7. The molecule has 1 aliphatic rings. The lowest BCUT2D eigenvalue weighted by molar-refractivity contribution is -0.128. The first-order chi connectivity index (χ1) is 15.6. The summed E-state index contributed by atoms with van der Waals surface area (Å²) in [6.07, 6.45) is 5.35. The monoisotopic (exact) mass is 430 g/mol. The van der Waals surface area contributed by atoms with E-state index in [1.54, 1.807) is 13.2 Å². The summed E-state index contributed by atoms with van der Waals surface area (Å²) in [5, 5.41) is 11.2. The number of guanidine groups is 1. The van der Waals surface area contributed by atoms with Crippen molar-refractivity contribution in [1.82, 2.24) is 25.3 Å². The summed E-state index contributed by atoms with van der Waals surface area (Å²) in [4.78, 5) is 18.2. The number of nitrogens with one attached hydrogen (secondary N) is 2. The van der Waals surface area contributed by atoms with Crippen molar-refractivity contribution >= 4 is 11.9 Å². The average Bonchev–Trinajstić information content (AvgIpc) is 3.49. The van der Waals surface area contributed by atoms with Gasteiger partial charge in [-0.1, -0.05) is 36.4 Å². The standard InChI is InChI=1S/C25H30N6O/c1-19(22-9-4-10-23(16-22)31-14-6-12-28-31)29-25(26-2)27-17-20-7-3-8-21(15-20)18-30-13-5-11-24(30)32/h3-4,6-10,12,14-16,19H,5,11,13,17-18H2,1-2H3,(H2,26,27,29). The molecule has 1 aliphatic heterocycles. The van der Waals surface area contributed by atoms with E-state index in [0.717, 1.165) is 41.3 Å². The number of hydrogen-bond acceptors (Lipinski definition) is 3. The van der Waals surface area contributed by atoms with E-state index in [0.29, 0.717) is 19.5 Å². The molecule has 4 rings (SSSR count). The van der Waals surface area contributed by atoms with Gasteiger partial charge in [0, 0.05) is 45.5 Å². The highest BCUT2D eigenvalue weighted by Gasteiger charge is 2.20. The minimum Gasteiger partial charge on any atom is -0.352 e. The van der Waals surface area contributed by atoms with Gasteiger partial charge in [-0.05, 0) is 48.2 Å². The molecule has 7 nitrogen and oxygen atoms in total. The number of aromatic nitrogens is 2. The second-order valence-electron chi connectivity index (χ2n) is 8.08. The van der Waals surface area contributed by atoms with Gasteiger partial charge in [0.2, 0.25) is 5.91 Å². The molecule has 2 aromatic carbocycles. The topological polar surface area (TPSA) is 74.6 Å². The Labute approximate surface area is 189 Å². The number of likely N-dealkylation sites (tertiary alicyclic amines) is 1. The molecule has 0 spiro atoms. The normalized spacial score (nSPS) is 15.1. The Balaban J connectivity index is 1.35. The van der Waals surface area contributed by atoms with E-state index < -0.39 is 0 Å². The van der Waals surface area contributed by atoms with Crippen LogP contribution in [-0.4, -0.2) is 40.1 Å². The van der Waals surface area contributed by atoms with Gasteiger partial charge in [-0.3, -0.25) is 9.79 Å². The van der Waals surface area contributed by atoms with Gasteiger partial charge in [0.1, 0.15) is 0 Å². The molecular weight excluding hydrogens is 400 g/mol. The molecule has 0 saturated carbocycles. The fourth-order valence-electron chi connectivity index (χ4n) is 3.96. The number of amides is 1. The maximum atomic E-state index is 11.9. The lowest BCUT2D eigenvalue weighted by Gasteiger charge is -2.19. The molecule has 1 unspecified atom stereocenters. The van der Waals surface area contributed by atoms with Crippen LogP contribution < -0.4 is 10.6 Å². The van der Waals surface area contributed by atoms with E-state index in [2.05, 4.69) is 58.0 Å². The third-order valence-corrected chi connectivity index (χ3v) is 5.71. The van der Waals surface area contributed by atoms with Gasteiger partial charge in [0.15, 0.2) is 5.96 Å². The third kappa shape index (κ3) is 5.35. The Morgan fingerprint density at radius 3 is 2.75 bits per heavy atom. The maximum absolute atomic E-state index is 11.9. The molecule has 166 valence electrons. The number of aliphatic imine (C=N–C) groups is 1. The summed E-state index contributed by atoms with van der Waals surface area (Å²) in [5.74, 6) is 0.992. The number of carbonyl (C=O) groups excluding carboxylic acids is 1. The summed E-state index contributed by atoms with van der Waals surface area (Å²) in [7, 11) is 1.78. The average molecular weight is 431 g/mol. The van der Waals surface area contributed by atoms with Gasteiger partial charge < -0.3 is 15.5 Å². The van der Waals surface area contributed by atoms with Crippen LogP contribution in [0.3, 0.4) is 0 Å². The first-order valence-electron chi connectivity index (χ1n) is 11.0. The van der Waals surface area contributed by atoms with Crippen molar-refractivity contribution in [3.05, 3.63) is 83.7 Å². The van der Waals surface area contributed by atoms with Gasteiger partial charge in [-0.25, -0.2) is 4.68 Å². The van der Waals surface area contributed by atoms with Crippen LogP contribution in [0.2, 0.25) is 0 Å². The minimum absolute atomic E-state index is 0.0734. The zero-order chi connectivity index (χ0) is 22.3. The molecule has 2 N–H and O–H groups in total. The van der Waals surface area contributed by atoms with Crippen LogP contribution in [0.15, 0.2) is 72.0 Å². The maximum Gasteiger partial charge on any atom is 0.222 e.